The number of hydrogen-bond donors (Lipinski definition) is 1. The predicted molar refractivity (Wildman–Crippen MR) is 52.1 cm³/mol. The highest BCUT2D eigenvalue weighted by Crippen LogP contribution is 2.31. The van der Waals surface area contributed by atoms with Crippen molar-refractivity contribution in [1.29, 1.82) is 0 Å². The van der Waals surface area contributed by atoms with E-state index in [2.05, 4.69) is 6.92 Å². The van der Waals surface area contributed by atoms with Gasteiger partial charge in [-0.1, -0.05) is 39.0 Å². The van der Waals surface area contributed by atoms with E-state index in [4.69, 9.17) is 5.11 Å². The minimum atomic E-state index is 0.417. The lowest BCUT2D eigenvalue weighted by Crippen LogP contribution is -2.17. The summed E-state index contributed by atoms with van der Waals surface area (Å²) >= 11 is 0. The maximum absolute atomic E-state index is 8.95. The molecule has 0 bridgehead atoms. The average Bonchev–Trinajstić information content (AvgIpc) is 2.15. The van der Waals surface area contributed by atoms with Crippen molar-refractivity contribution >= 4 is 0 Å². The van der Waals surface area contributed by atoms with E-state index in [0.29, 0.717) is 12.5 Å². The fourth-order valence-corrected chi connectivity index (χ4v) is 2.20. The molecule has 0 aliphatic heterocycles. The van der Waals surface area contributed by atoms with Gasteiger partial charge in [-0.25, -0.2) is 0 Å². The highest BCUT2D eigenvalue weighted by molar-refractivity contribution is 4.71. The second kappa shape index (κ2) is 5.58. The van der Waals surface area contributed by atoms with Gasteiger partial charge in [0.05, 0.1) is 0 Å². The Kier molecular flexibility index (Phi) is 4.67. The lowest BCUT2D eigenvalue weighted by molar-refractivity contribution is 0.163. The second-order valence-electron chi connectivity index (χ2n) is 4.21. The smallest absolute Gasteiger partial charge is 0.0459 e. The van der Waals surface area contributed by atoms with Crippen LogP contribution in [0, 0.1) is 11.8 Å². The highest BCUT2D eigenvalue weighted by Gasteiger charge is 2.19. The van der Waals surface area contributed by atoms with E-state index in [0.717, 1.165) is 5.92 Å². The van der Waals surface area contributed by atoms with Crippen molar-refractivity contribution in [2.45, 2.75) is 51.9 Å². The molecule has 0 heterocycles. The Labute approximate surface area is 76.2 Å². The van der Waals surface area contributed by atoms with Crippen LogP contribution in [0.15, 0.2) is 0 Å². The molecule has 72 valence electrons. The van der Waals surface area contributed by atoms with Crippen LogP contribution < -0.4 is 0 Å². The van der Waals surface area contributed by atoms with Crippen LogP contribution in [0.1, 0.15) is 51.9 Å². The SMILES string of the molecule is CCCCC1CCC(CO)CC1. The topological polar surface area (TPSA) is 20.2 Å². The van der Waals surface area contributed by atoms with Gasteiger partial charge >= 0.3 is 0 Å². The summed E-state index contributed by atoms with van der Waals surface area (Å²) in [5.74, 6) is 1.61. The lowest BCUT2D eigenvalue weighted by atomic mass is 9.80. The molecule has 1 aliphatic rings. The average molecular weight is 170 g/mol. The van der Waals surface area contributed by atoms with Gasteiger partial charge in [-0.3, -0.25) is 0 Å². The van der Waals surface area contributed by atoms with Crippen LogP contribution in [0.25, 0.3) is 0 Å². The van der Waals surface area contributed by atoms with Crippen LogP contribution in [-0.4, -0.2) is 11.7 Å². The molecule has 1 N–H and O–H groups in total. The minimum absolute atomic E-state index is 0.417. The molecule has 0 aromatic heterocycles. The van der Waals surface area contributed by atoms with Gasteiger partial charge in [0.2, 0.25) is 0 Å². The maximum Gasteiger partial charge on any atom is 0.0459 e. The molecule has 1 aliphatic carbocycles. The molecule has 0 atom stereocenters. The van der Waals surface area contributed by atoms with Gasteiger partial charge in [-0.2, -0.15) is 0 Å². The van der Waals surface area contributed by atoms with Crippen molar-refractivity contribution in [3.05, 3.63) is 0 Å². The van der Waals surface area contributed by atoms with Gasteiger partial charge in [0, 0.05) is 6.61 Å². The molecule has 1 fully saturated rings. The molecule has 1 nitrogen and oxygen atoms in total. The molecule has 0 saturated heterocycles. The van der Waals surface area contributed by atoms with E-state index in [1.807, 2.05) is 0 Å². The van der Waals surface area contributed by atoms with Crippen molar-refractivity contribution in [1.82, 2.24) is 0 Å². The molecule has 1 heteroatoms. The standard InChI is InChI=1S/C11H22O/c1-2-3-4-10-5-7-11(9-12)8-6-10/h10-12H,2-9H2,1H3. The van der Waals surface area contributed by atoms with Gasteiger partial charge in [0.15, 0.2) is 0 Å². The Morgan fingerprint density at radius 3 is 2.17 bits per heavy atom. The van der Waals surface area contributed by atoms with E-state index in [1.165, 1.54) is 44.9 Å². The summed E-state index contributed by atoms with van der Waals surface area (Å²) in [6.07, 6.45) is 9.43. The van der Waals surface area contributed by atoms with Crippen LogP contribution in [0.5, 0.6) is 0 Å². The first-order chi connectivity index (χ1) is 5.86. The summed E-state index contributed by atoms with van der Waals surface area (Å²) in [4.78, 5) is 0. The minimum Gasteiger partial charge on any atom is -0.396 e. The van der Waals surface area contributed by atoms with Gasteiger partial charge in [-0.15, -0.1) is 0 Å². The lowest BCUT2D eigenvalue weighted by Gasteiger charge is -2.27. The highest BCUT2D eigenvalue weighted by atomic mass is 16.3. The zero-order valence-electron chi connectivity index (χ0n) is 8.26. The van der Waals surface area contributed by atoms with Gasteiger partial charge < -0.3 is 5.11 Å². The summed E-state index contributed by atoms with van der Waals surface area (Å²) in [7, 11) is 0. The first-order valence-corrected chi connectivity index (χ1v) is 5.47. The van der Waals surface area contributed by atoms with Crippen LogP contribution in [0.3, 0.4) is 0 Å². The van der Waals surface area contributed by atoms with Crippen LogP contribution in [0.2, 0.25) is 0 Å². The number of unbranched alkanes of at least 4 members (excludes halogenated alkanes) is 1. The van der Waals surface area contributed by atoms with Gasteiger partial charge in [-0.05, 0) is 24.7 Å². The molecule has 1 saturated carbocycles. The third kappa shape index (κ3) is 3.14. The zero-order valence-corrected chi connectivity index (χ0v) is 8.26. The molecular weight excluding hydrogens is 148 g/mol. The predicted octanol–water partition coefficient (Wildman–Crippen LogP) is 2.98. The van der Waals surface area contributed by atoms with Crippen molar-refractivity contribution in [3.8, 4) is 0 Å². The first-order valence-electron chi connectivity index (χ1n) is 5.47. The molecule has 0 amide bonds. The summed E-state index contributed by atoms with van der Waals surface area (Å²) in [5.41, 5.74) is 0. The Morgan fingerprint density at radius 1 is 1.08 bits per heavy atom. The quantitative estimate of drug-likeness (QED) is 0.687. The van der Waals surface area contributed by atoms with Crippen LogP contribution in [-0.2, 0) is 0 Å². The van der Waals surface area contributed by atoms with E-state index in [1.54, 1.807) is 0 Å². The maximum atomic E-state index is 8.95. The van der Waals surface area contributed by atoms with Crippen LogP contribution >= 0.6 is 0 Å². The van der Waals surface area contributed by atoms with Crippen molar-refractivity contribution in [3.63, 3.8) is 0 Å². The summed E-state index contributed by atoms with van der Waals surface area (Å²) < 4.78 is 0. The number of rotatable bonds is 4. The summed E-state index contributed by atoms with van der Waals surface area (Å²) in [5, 5.41) is 8.95. The Bertz CT molecular complexity index is 104. The second-order valence-corrected chi connectivity index (χ2v) is 4.21. The molecule has 0 spiro atoms. The van der Waals surface area contributed by atoms with Crippen LogP contribution in [0.4, 0.5) is 0 Å². The van der Waals surface area contributed by atoms with Gasteiger partial charge in [0.1, 0.15) is 0 Å². The normalized spacial score (nSPS) is 30.5. The molecule has 0 aromatic rings. The summed E-state index contributed by atoms with van der Waals surface area (Å²) in [6, 6.07) is 0. The van der Waals surface area contributed by atoms with E-state index in [9.17, 15) is 0 Å². The van der Waals surface area contributed by atoms with E-state index >= 15 is 0 Å². The largest absolute Gasteiger partial charge is 0.396 e. The van der Waals surface area contributed by atoms with Gasteiger partial charge in [0.25, 0.3) is 0 Å². The molecular formula is C11H22O. The third-order valence-corrected chi connectivity index (χ3v) is 3.19. The number of aliphatic hydroxyl groups excluding tert-OH is 1. The molecule has 0 unspecified atom stereocenters. The number of aliphatic hydroxyl groups is 1. The molecule has 12 heavy (non-hydrogen) atoms. The summed E-state index contributed by atoms with van der Waals surface area (Å²) in [6.45, 7) is 2.68. The Balaban J connectivity index is 2.09. The first kappa shape index (κ1) is 10.0. The van der Waals surface area contributed by atoms with Crippen molar-refractivity contribution in [2.75, 3.05) is 6.61 Å². The Morgan fingerprint density at radius 2 is 1.67 bits per heavy atom. The third-order valence-electron chi connectivity index (χ3n) is 3.19. The van der Waals surface area contributed by atoms with Crippen molar-refractivity contribution < 1.29 is 5.11 Å². The van der Waals surface area contributed by atoms with E-state index in [-0.39, 0.29) is 0 Å². The number of hydrogen-bond acceptors (Lipinski definition) is 1. The fourth-order valence-electron chi connectivity index (χ4n) is 2.20. The zero-order chi connectivity index (χ0) is 8.81. The Hall–Kier alpha value is -0.0400. The van der Waals surface area contributed by atoms with Crippen molar-refractivity contribution in [2.24, 2.45) is 11.8 Å². The molecule has 1 rings (SSSR count). The fraction of sp³-hybridized carbons (Fsp3) is 1.00. The monoisotopic (exact) mass is 170 g/mol. The van der Waals surface area contributed by atoms with E-state index < -0.39 is 0 Å². The molecule has 0 aromatic carbocycles. The molecule has 0 radical (unpaired) electrons.